The zero-order chi connectivity index (χ0) is 14.2. The molecular formula is C16H17NO2. The van der Waals surface area contributed by atoms with Crippen molar-refractivity contribution in [2.75, 3.05) is 0 Å². The molecule has 3 nitrogen and oxygen atoms in total. The minimum absolute atomic E-state index is 0.0686. The summed E-state index contributed by atoms with van der Waals surface area (Å²) in [6.45, 7) is 5.85. The Bertz CT molecular complexity index is 576. The molecule has 0 radical (unpaired) electrons. The number of nitriles is 1. The first-order chi connectivity index (χ1) is 8.87. The normalized spacial score (nSPS) is 24.6. The molecule has 1 aromatic carbocycles. The molecule has 98 valence electrons. The van der Waals surface area contributed by atoms with E-state index in [2.05, 4.69) is 6.07 Å². The third-order valence-corrected chi connectivity index (χ3v) is 4.01. The number of benzene rings is 1. The summed E-state index contributed by atoms with van der Waals surface area (Å²) in [5.74, 6) is -1.24. The van der Waals surface area contributed by atoms with E-state index < -0.39 is 5.97 Å². The van der Waals surface area contributed by atoms with Crippen LogP contribution in [0.1, 0.15) is 25.0 Å². The van der Waals surface area contributed by atoms with Crippen LogP contribution in [0.2, 0.25) is 0 Å². The summed E-state index contributed by atoms with van der Waals surface area (Å²) in [6.07, 6.45) is 1.81. The lowest BCUT2D eigenvalue weighted by Gasteiger charge is -2.01. The van der Waals surface area contributed by atoms with Crippen molar-refractivity contribution in [3.05, 3.63) is 41.5 Å². The lowest BCUT2D eigenvalue weighted by molar-refractivity contribution is -0.139. The summed E-state index contributed by atoms with van der Waals surface area (Å²) in [6, 6.07) is 9.87. The van der Waals surface area contributed by atoms with Gasteiger partial charge in [-0.1, -0.05) is 49.8 Å². The van der Waals surface area contributed by atoms with Gasteiger partial charge in [0, 0.05) is 0 Å². The maximum Gasteiger partial charge on any atom is 0.307 e. The average molecular weight is 255 g/mol. The molecule has 0 saturated heterocycles. The number of allylic oxidation sites excluding steroid dienone is 2. The molecule has 0 amide bonds. The van der Waals surface area contributed by atoms with Crippen LogP contribution in [0, 0.1) is 35.5 Å². The molecule has 1 aromatic rings. The highest BCUT2D eigenvalue weighted by Crippen LogP contribution is 2.59. The lowest BCUT2D eigenvalue weighted by atomic mass is 10.0. The topological polar surface area (TPSA) is 61.1 Å². The SMILES string of the molecule is Cc1ccc(/C(C#N)=C/C2C(C(=O)O)C2(C)C)cc1. The molecule has 2 unspecified atom stereocenters. The molecule has 0 aromatic heterocycles. The maximum atomic E-state index is 11.1. The third kappa shape index (κ3) is 2.39. The lowest BCUT2D eigenvalue weighted by Crippen LogP contribution is -2.03. The van der Waals surface area contributed by atoms with Gasteiger partial charge in [0.15, 0.2) is 0 Å². The van der Waals surface area contributed by atoms with Crippen molar-refractivity contribution in [3.8, 4) is 6.07 Å². The molecule has 0 spiro atoms. The second kappa shape index (κ2) is 4.55. The highest BCUT2D eigenvalue weighted by molar-refractivity contribution is 5.81. The summed E-state index contributed by atoms with van der Waals surface area (Å²) in [5, 5.41) is 18.4. The van der Waals surface area contributed by atoms with Crippen LogP contribution < -0.4 is 0 Å². The van der Waals surface area contributed by atoms with Gasteiger partial charge in [0.2, 0.25) is 0 Å². The second-order valence-electron chi connectivity index (χ2n) is 5.72. The minimum Gasteiger partial charge on any atom is -0.481 e. The van der Waals surface area contributed by atoms with Crippen molar-refractivity contribution in [2.24, 2.45) is 17.3 Å². The van der Waals surface area contributed by atoms with E-state index >= 15 is 0 Å². The molecule has 2 rings (SSSR count). The number of hydrogen-bond acceptors (Lipinski definition) is 2. The molecule has 1 saturated carbocycles. The molecule has 0 aliphatic heterocycles. The van der Waals surface area contributed by atoms with E-state index in [-0.39, 0.29) is 17.3 Å². The number of carbonyl (C=O) groups is 1. The quantitative estimate of drug-likeness (QED) is 0.843. The molecule has 0 bridgehead atoms. The first-order valence-electron chi connectivity index (χ1n) is 6.29. The highest BCUT2D eigenvalue weighted by atomic mass is 16.4. The summed E-state index contributed by atoms with van der Waals surface area (Å²) < 4.78 is 0. The fourth-order valence-corrected chi connectivity index (χ4v) is 2.57. The summed E-state index contributed by atoms with van der Waals surface area (Å²) in [7, 11) is 0. The number of rotatable bonds is 3. The first-order valence-corrected chi connectivity index (χ1v) is 6.29. The molecule has 3 heteroatoms. The van der Waals surface area contributed by atoms with Gasteiger partial charge in [-0.25, -0.2) is 0 Å². The van der Waals surface area contributed by atoms with E-state index in [1.807, 2.05) is 51.1 Å². The molecule has 2 atom stereocenters. The number of nitrogens with zero attached hydrogens (tertiary/aromatic N) is 1. The molecular weight excluding hydrogens is 238 g/mol. The number of aliphatic carboxylic acids is 1. The van der Waals surface area contributed by atoms with E-state index in [4.69, 9.17) is 5.11 Å². The fourth-order valence-electron chi connectivity index (χ4n) is 2.57. The van der Waals surface area contributed by atoms with Crippen LogP contribution in [0.3, 0.4) is 0 Å². The van der Waals surface area contributed by atoms with Crippen molar-refractivity contribution in [1.82, 2.24) is 0 Å². The van der Waals surface area contributed by atoms with Crippen molar-refractivity contribution >= 4 is 11.5 Å². The van der Waals surface area contributed by atoms with E-state index in [0.29, 0.717) is 5.57 Å². The Morgan fingerprint density at radius 3 is 2.37 bits per heavy atom. The van der Waals surface area contributed by atoms with Crippen molar-refractivity contribution < 1.29 is 9.90 Å². The smallest absolute Gasteiger partial charge is 0.307 e. The van der Waals surface area contributed by atoms with Crippen molar-refractivity contribution in [1.29, 1.82) is 5.26 Å². The Hall–Kier alpha value is -2.08. The number of aryl methyl sites for hydroxylation is 1. The molecule has 1 aliphatic carbocycles. The molecule has 0 heterocycles. The molecule has 1 N–H and O–H groups in total. The first kappa shape index (κ1) is 13.4. The largest absolute Gasteiger partial charge is 0.481 e. The monoisotopic (exact) mass is 255 g/mol. The molecule has 19 heavy (non-hydrogen) atoms. The standard InChI is InChI=1S/C16H17NO2/c1-10-4-6-11(7-5-10)12(9-17)8-13-14(15(18)19)16(13,2)3/h4-8,13-14H,1-3H3,(H,18,19)/b12-8+. The van der Waals surface area contributed by atoms with Crippen LogP contribution in [0.25, 0.3) is 5.57 Å². The fraction of sp³-hybridized carbons (Fsp3) is 0.375. The summed E-state index contributed by atoms with van der Waals surface area (Å²) >= 11 is 0. The van der Waals surface area contributed by atoms with Gasteiger partial charge in [-0.05, 0) is 23.8 Å². The van der Waals surface area contributed by atoms with E-state index in [0.717, 1.165) is 11.1 Å². The Labute approximate surface area is 113 Å². The minimum atomic E-state index is -0.785. The molecule has 1 fully saturated rings. The summed E-state index contributed by atoms with van der Waals surface area (Å²) in [5.41, 5.74) is 2.27. The Kier molecular flexibility index (Phi) is 3.20. The number of carboxylic acids is 1. The molecule has 1 aliphatic rings. The van der Waals surface area contributed by atoms with Crippen LogP contribution in [0.4, 0.5) is 0 Å². The van der Waals surface area contributed by atoms with Crippen molar-refractivity contribution in [2.45, 2.75) is 20.8 Å². The van der Waals surface area contributed by atoms with Gasteiger partial charge >= 0.3 is 5.97 Å². The van der Waals surface area contributed by atoms with Gasteiger partial charge in [0.05, 0.1) is 17.6 Å². The van der Waals surface area contributed by atoms with Crippen LogP contribution in [0.15, 0.2) is 30.3 Å². The van der Waals surface area contributed by atoms with Crippen LogP contribution in [0.5, 0.6) is 0 Å². The predicted molar refractivity (Wildman–Crippen MR) is 73.2 cm³/mol. The van der Waals surface area contributed by atoms with Gasteiger partial charge in [-0.15, -0.1) is 0 Å². The number of hydrogen-bond donors (Lipinski definition) is 1. The van der Waals surface area contributed by atoms with E-state index in [1.165, 1.54) is 0 Å². The van der Waals surface area contributed by atoms with Gasteiger partial charge in [0.25, 0.3) is 0 Å². The number of carboxylic acid groups (broad SMARTS) is 1. The van der Waals surface area contributed by atoms with Crippen LogP contribution >= 0.6 is 0 Å². The zero-order valence-corrected chi connectivity index (χ0v) is 11.3. The maximum absolute atomic E-state index is 11.1. The van der Waals surface area contributed by atoms with Crippen molar-refractivity contribution in [3.63, 3.8) is 0 Å². The van der Waals surface area contributed by atoms with E-state index in [9.17, 15) is 10.1 Å². The van der Waals surface area contributed by atoms with Gasteiger partial charge in [-0.3, -0.25) is 4.79 Å². The predicted octanol–water partition coefficient (Wildman–Crippen LogP) is 3.26. The third-order valence-electron chi connectivity index (χ3n) is 4.01. The highest BCUT2D eigenvalue weighted by Gasteiger charge is 2.61. The van der Waals surface area contributed by atoms with Crippen LogP contribution in [-0.4, -0.2) is 11.1 Å². The zero-order valence-electron chi connectivity index (χ0n) is 11.3. The Morgan fingerprint density at radius 1 is 1.37 bits per heavy atom. The van der Waals surface area contributed by atoms with Gasteiger partial charge in [-0.2, -0.15) is 5.26 Å². The average Bonchev–Trinajstić information content (AvgIpc) is 2.89. The van der Waals surface area contributed by atoms with Crippen LogP contribution in [-0.2, 0) is 4.79 Å². The summed E-state index contributed by atoms with van der Waals surface area (Å²) in [4.78, 5) is 11.1. The van der Waals surface area contributed by atoms with E-state index in [1.54, 1.807) is 0 Å². The van der Waals surface area contributed by atoms with Gasteiger partial charge in [0.1, 0.15) is 0 Å². The Balaban J connectivity index is 2.29. The Morgan fingerprint density at radius 2 is 1.95 bits per heavy atom. The van der Waals surface area contributed by atoms with Gasteiger partial charge < -0.3 is 5.11 Å². The second-order valence-corrected chi connectivity index (χ2v) is 5.72.